The minimum absolute atomic E-state index is 1.16. The summed E-state index contributed by atoms with van der Waals surface area (Å²) in [6, 6.07) is 57.2. The van der Waals surface area contributed by atoms with Gasteiger partial charge in [0.25, 0.3) is 0 Å². The van der Waals surface area contributed by atoms with E-state index in [1.54, 1.807) is 0 Å². The number of aromatic nitrogens is 2. The Kier molecular flexibility index (Phi) is 4.93. The van der Waals surface area contributed by atoms with Crippen LogP contribution in [0, 0.1) is 0 Å². The average molecular weight is 535 g/mol. The molecule has 0 fully saturated rings. The Labute approximate surface area is 243 Å². The third-order valence-corrected chi connectivity index (χ3v) is 8.66. The predicted molar refractivity (Wildman–Crippen MR) is 178 cm³/mol. The van der Waals surface area contributed by atoms with Gasteiger partial charge >= 0.3 is 0 Å². The molecule has 0 unspecified atom stereocenters. The van der Waals surface area contributed by atoms with E-state index in [1.165, 1.54) is 71.2 Å². The van der Waals surface area contributed by atoms with E-state index >= 15 is 0 Å². The van der Waals surface area contributed by atoms with Crippen molar-refractivity contribution in [3.8, 4) is 22.5 Å². The van der Waals surface area contributed by atoms with E-state index in [0.717, 1.165) is 5.69 Å². The molecule has 2 heterocycles. The van der Waals surface area contributed by atoms with Crippen LogP contribution in [0.3, 0.4) is 0 Å². The molecule has 0 spiro atoms. The molecule has 0 saturated carbocycles. The third kappa shape index (κ3) is 3.33. The molecule has 0 atom stereocenters. The van der Waals surface area contributed by atoms with Crippen LogP contribution in [0.25, 0.3) is 76.9 Å². The normalized spacial score (nSPS) is 11.8. The Morgan fingerprint density at radius 1 is 0.310 bits per heavy atom. The summed E-state index contributed by atoms with van der Waals surface area (Å²) in [4.78, 5) is 0. The number of para-hydroxylation sites is 2. The van der Waals surface area contributed by atoms with Gasteiger partial charge in [0.05, 0.1) is 22.1 Å². The van der Waals surface area contributed by atoms with Gasteiger partial charge in [0, 0.05) is 32.9 Å². The van der Waals surface area contributed by atoms with Crippen LogP contribution in [0.5, 0.6) is 0 Å². The summed E-state index contributed by atoms with van der Waals surface area (Å²) in [5, 5.41) is 7.64. The van der Waals surface area contributed by atoms with E-state index in [1.807, 2.05) is 0 Å². The fraction of sp³-hybridized carbons (Fsp3) is 0. The molecule has 0 radical (unpaired) electrons. The second-order valence-electron chi connectivity index (χ2n) is 11.0. The third-order valence-electron chi connectivity index (χ3n) is 8.66. The molecule has 0 bridgehead atoms. The lowest BCUT2D eigenvalue weighted by atomic mass is 10.0. The number of hydrogen-bond donors (Lipinski definition) is 0. The first-order valence-electron chi connectivity index (χ1n) is 14.5. The van der Waals surface area contributed by atoms with Gasteiger partial charge in [-0.25, -0.2) is 0 Å². The maximum Gasteiger partial charge on any atom is 0.0548 e. The van der Waals surface area contributed by atoms with Crippen LogP contribution in [0.1, 0.15) is 0 Å². The Morgan fingerprint density at radius 3 is 1.67 bits per heavy atom. The Hall–Kier alpha value is -5.60. The molecular weight excluding hydrogens is 508 g/mol. The molecule has 9 rings (SSSR count). The molecule has 0 amide bonds. The smallest absolute Gasteiger partial charge is 0.0548 e. The second kappa shape index (κ2) is 8.95. The van der Waals surface area contributed by atoms with E-state index < -0.39 is 0 Å². The zero-order chi connectivity index (χ0) is 27.6. The quantitative estimate of drug-likeness (QED) is 0.213. The molecule has 2 heteroatoms. The first-order chi connectivity index (χ1) is 20.8. The van der Waals surface area contributed by atoms with Gasteiger partial charge in [-0.3, -0.25) is 0 Å². The number of nitrogens with zero attached hydrogens (tertiary/aromatic N) is 2. The molecule has 0 aliphatic heterocycles. The van der Waals surface area contributed by atoms with Crippen LogP contribution in [0.2, 0.25) is 0 Å². The van der Waals surface area contributed by atoms with E-state index in [4.69, 9.17) is 0 Å². The minimum Gasteiger partial charge on any atom is -0.309 e. The summed E-state index contributed by atoms with van der Waals surface area (Å²) < 4.78 is 4.86. The summed E-state index contributed by atoms with van der Waals surface area (Å²) >= 11 is 0. The zero-order valence-electron chi connectivity index (χ0n) is 22.9. The molecule has 0 N–H and O–H groups in total. The van der Waals surface area contributed by atoms with Crippen LogP contribution in [-0.2, 0) is 0 Å². The van der Waals surface area contributed by atoms with Crippen LogP contribution >= 0.6 is 0 Å². The van der Waals surface area contributed by atoms with Crippen molar-refractivity contribution < 1.29 is 0 Å². The van der Waals surface area contributed by atoms with Gasteiger partial charge in [-0.05, 0) is 76.5 Å². The highest BCUT2D eigenvalue weighted by molar-refractivity contribution is 6.29. The van der Waals surface area contributed by atoms with Crippen LogP contribution in [-0.4, -0.2) is 9.13 Å². The van der Waals surface area contributed by atoms with Crippen molar-refractivity contribution in [2.24, 2.45) is 0 Å². The van der Waals surface area contributed by atoms with Crippen molar-refractivity contribution in [1.82, 2.24) is 9.13 Å². The summed E-state index contributed by atoms with van der Waals surface area (Å²) in [7, 11) is 0. The molecule has 2 nitrogen and oxygen atoms in total. The lowest BCUT2D eigenvalue weighted by molar-refractivity contribution is 1.17. The van der Waals surface area contributed by atoms with Crippen molar-refractivity contribution in [3.63, 3.8) is 0 Å². The highest BCUT2D eigenvalue weighted by Crippen LogP contribution is 2.43. The van der Waals surface area contributed by atoms with Crippen LogP contribution in [0.15, 0.2) is 158 Å². The topological polar surface area (TPSA) is 9.86 Å². The van der Waals surface area contributed by atoms with Gasteiger partial charge < -0.3 is 9.13 Å². The molecule has 0 aliphatic rings. The molecule has 7 aromatic carbocycles. The molecule has 2 aromatic heterocycles. The maximum absolute atomic E-state index is 2.46. The van der Waals surface area contributed by atoms with Gasteiger partial charge in [-0.1, -0.05) is 103 Å². The second-order valence-corrected chi connectivity index (χ2v) is 11.0. The zero-order valence-corrected chi connectivity index (χ0v) is 22.9. The Morgan fingerprint density at radius 2 is 0.881 bits per heavy atom. The Bertz CT molecular complexity index is 2440. The first-order valence-corrected chi connectivity index (χ1v) is 14.5. The summed E-state index contributed by atoms with van der Waals surface area (Å²) in [5.74, 6) is 0. The lowest BCUT2D eigenvalue weighted by Gasteiger charge is -2.11. The van der Waals surface area contributed by atoms with E-state index in [2.05, 4.69) is 167 Å². The van der Waals surface area contributed by atoms with Crippen LogP contribution < -0.4 is 0 Å². The molecule has 0 saturated heterocycles. The molecular formula is C40H26N2. The summed E-state index contributed by atoms with van der Waals surface area (Å²) in [6.45, 7) is 0. The predicted octanol–water partition coefficient (Wildman–Crippen LogP) is 10.7. The number of hydrogen-bond acceptors (Lipinski definition) is 0. The highest BCUT2D eigenvalue weighted by Gasteiger charge is 2.21. The van der Waals surface area contributed by atoms with E-state index in [-0.39, 0.29) is 0 Å². The van der Waals surface area contributed by atoms with Crippen LogP contribution in [0.4, 0.5) is 0 Å². The first kappa shape index (κ1) is 23.1. The Balaban J connectivity index is 1.46. The lowest BCUT2D eigenvalue weighted by Crippen LogP contribution is -1.95. The van der Waals surface area contributed by atoms with Crippen molar-refractivity contribution in [2.45, 2.75) is 0 Å². The van der Waals surface area contributed by atoms with Gasteiger partial charge in [0.2, 0.25) is 0 Å². The monoisotopic (exact) mass is 534 g/mol. The minimum atomic E-state index is 1.16. The van der Waals surface area contributed by atoms with Gasteiger partial charge in [-0.15, -0.1) is 0 Å². The number of fused-ring (bicyclic) bond motifs is 8. The fourth-order valence-electron chi connectivity index (χ4n) is 6.84. The SMILES string of the molecule is c1ccc(-c2cccc(-n3c4cc5ccccc5cc4c4c5c6ccccc6n(-c6ccccc6)c5ccc43)c2)cc1. The molecule has 9 aromatic rings. The van der Waals surface area contributed by atoms with Crippen molar-refractivity contribution in [1.29, 1.82) is 0 Å². The highest BCUT2D eigenvalue weighted by atomic mass is 15.0. The molecule has 42 heavy (non-hydrogen) atoms. The molecule has 196 valence electrons. The fourth-order valence-corrected chi connectivity index (χ4v) is 6.84. The van der Waals surface area contributed by atoms with Crippen molar-refractivity contribution >= 4 is 54.4 Å². The summed E-state index contributed by atoms with van der Waals surface area (Å²) in [5.41, 5.74) is 9.65. The standard InChI is InChI=1S/C40H26N2/c1-3-12-27(13-4-1)28-16-11-19-32(24-28)42-37-23-22-36-39(40(37)34-25-29-14-7-8-15-30(29)26-38(34)42)33-20-9-10-21-35(33)41(36)31-17-5-2-6-18-31/h1-26H. The van der Waals surface area contributed by atoms with Gasteiger partial charge in [0.1, 0.15) is 0 Å². The maximum atomic E-state index is 2.46. The van der Waals surface area contributed by atoms with Crippen molar-refractivity contribution in [2.75, 3.05) is 0 Å². The average Bonchev–Trinajstić information content (AvgIpc) is 3.57. The van der Waals surface area contributed by atoms with E-state index in [9.17, 15) is 0 Å². The van der Waals surface area contributed by atoms with Gasteiger partial charge in [-0.2, -0.15) is 0 Å². The van der Waals surface area contributed by atoms with E-state index in [0.29, 0.717) is 0 Å². The number of benzene rings is 7. The van der Waals surface area contributed by atoms with Gasteiger partial charge in [0.15, 0.2) is 0 Å². The molecule has 0 aliphatic carbocycles. The largest absolute Gasteiger partial charge is 0.309 e. The van der Waals surface area contributed by atoms with Crippen molar-refractivity contribution in [3.05, 3.63) is 158 Å². The summed E-state index contributed by atoms with van der Waals surface area (Å²) in [6.07, 6.45) is 0. The number of rotatable bonds is 3.